The van der Waals surface area contributed by atoms with Gasteiger partial charge in [0, 0.05) is 22.5 Å². The van der Waals surface area contributed by atoms with E-state index in [1.807, 2.05) is 42.5 Å². The van der Waals surface area contributed by atoms with Crippen molar-refractivity contribution < 1.29 is 13.9 Å². The first-order valence-corrected chi connectivity index (χ1v) is 8.93. The molecule has 3 aromatic carbocycles. The molecule has 7 heteroatoms. The Balaban J connectivity index is 1.42. The predicted octanol–water partition coefficient (Wildman–Crippen LogP) is 4.74. The van der Waals surface area contributed by atoms with Gasteiger partial charge in [0.1, 0.15) is 5.75 Å². The van der Waals surface area contributed by atoms with Crippen LogP contribution in [-0.4, -0.2) is 23.2 Å². The van der Waals surface area contributed by atoms with Crippen LogP contribution in [0.15, 0.2) is 83.3 Å². The van der Waals surface area contributed by atoms with Gasteiger partial charge in [-0.05, 0) is 60.7 Å². The Hall–Kier alpha value is -4.13. The highest BCUT2D eigenvalue weighted by atomic mass is 16.5. The summed E-state index contributed by atoms with van der Waals surface area (Å²) >= 11 is 0. The number of methoxy groups -OCH3 is 1. The molecule has 0 radical (unpaired) electrons. The van der Waals surface area contributed by atoms with E-state index in [1.165, 1.54) is 0 Å². The summed E-state index contributed by atoms with van der Waals surface area (Å²) in [5.41, 5.74) is 2.82. The summed E-state index contributed by atoms with van der Waals surface area (Å²) in [6, 6.07) is 24.0. The maximum Gasteiger partial charge on any atom is 0.320 e. The van der Waals surface area contributed by atoms with Crippen LogP contribution in [0.25, 0.3) is 11.5 Å². The molecule has 0 aliphatic heterocycles. The molecule has 29 heavy (non-hydrogen) atoms. The number of ether oxygens (including phenoxy) is 1. The van der Waals surface area contributed by atoms with Gasteiger partial charge in [0.15, 0.2) is 0 Å². The number of para-hydroxylation sites is 1. The van der Waals surface area contributed by atoms with Gasteiger partial charge >= 0.3 is 6.01 Å². The molecule has 2 N–H and O–H groups in total. The minimum atomic E-state index is -0.201. The number of hydrogen-bond acceptors (Lipinski definition) is 6. The summed E-state index contributed by atoms with van der Waals surface area (Å²) in [5, 5.41) is 14.0. The van der Waals surface area contributed by atoms with Crippen LogP contribution in [0.5, 0.6) is 5.75 Å². The van der Waals surface area contributed by atoms with Gasteiger partial charge in [-0.2, -0.15) is 0 Å². The SMILES string of the molecule is COc1ccc(C(=O)Nc2ccc(-c3nnc(Nc4ccccc4)o3)cc2)cc1. The number of nitrogens with zero attached hydrogens (tertiary/aromatic N) is 2. The number of carbonyl (C=O) groups excluding carboxylic acids is 1. The molecule has 0 spiro atoms. The number of hydrogen-bond donors (Lipinski definition) is 2. The predicted molar refractivity (Wildman–Crippen MR) is 110 cm³/mol. The van der Waals surface area contributed by atoms with Crippen molar-refractivity contribution in [1.82, 2.24) is 10.2 Å². The van der Waals surface area contributed by atoms with Crippen LogP contribution in [0.3, 0.4) is 0 Å². The summed E-state index contributed by atoms with van der Waals surface area (Å²) in [4.78, 5) is 12.3. The normalized spacial score (nSPS) is 10.4. The van der Waals surface area contributed by atoms with Crippen LogP contribution in [0.4, 0.5) is 17.4 Å². The standard InChI is InChI=1S/C22H18N4O3/c1-28-19-13-9-15(10-14-19)20(27)23-18-11-7-16(8-12-18)21-25-26-22(29-21)24-17-5-3-2-4-6-17/h2-14H,1H3,(H,23,27)(H,24,26). The average Bonchev–Trinajstić information content (AvgIpc) is 3.23. The molecule has 0 unspecified atom stereocenters. The van der Waals surface area contributed by atoms with Gasteiger partial charge in [0.05, 0.1) is 7.11 Å². The molecular formula is C22H18N4O3. The molecule has 144 valence electrons. The fourth-order valence-corrected chi connectivity index (χ4v) is 2.68. The summed E-state index contributed by atoms with van der Waals surface area (Å²) in [6.07, 6.45) is 0. The van der Waals surface area contributed by atoms with Gasteiger partial charge in [-0.1, -0.05) is 23.3 Å². The zero-order valence-electron chi connectivity index (χ0n) is 15.6. The lowest BCUT2D eigenvalue weighted by Crippen LogP contribution is -2.11. The van der Waals surface area contributed by atoms with E-state index >= 15 is 0 Å². The van der Waals surface area contributed by atoms with Crippen molar-refractivity contribution >= 4 is 23.3 Å². The van der Waals surface area contributed by atoms with Crippen molar-refractivity contribution in [1.29, 1.82) is 0 Å². The average molecular weight is 386 g/mol. The third-order valence-corrected chi connectivity index (χ3v) is 4.19. The molecule has 0 aliphatic carbocycles. The maximum absolute atomic E-state index is 12.3. The Morgan fingerprint density at radius 1 is 0.862 bits per heavy atom. The van der Waals surface area contributed by atoms with Crippen LogP contribution in [0, 0.1) is 0 Å². The highest BCUT2D eigenvalue weighted by molar-refractivity contribution is 6.04. The lowest BCUT2D eigenvalue weighted by Gasteiger charge is -2.06. The summed E-state index contributed by atoms with van der Waals surface area (Å²) in [7, 11) is 1.58. The second kappa shape index (κ2) is 8.26. The van der Waals surface area contributed by atoms with E-state index in [-0.39, 0.29) is 5.91 Å². The largest absolute Gasteiger partial charge is 0.497 e. The lowest BCUT2D eigenvalue weighted by molar-refractivity contribution is 0.102. The van der Waals surface area contributed by atoms with Crippen LogP contribution in [-0.2, 0) is 0 Å². The minimum absolute atomic E-state index is 0.201. The fraction of sp³-hybridized carbons (Fsp3) is 0.0455. The summed E-state index contributed by atoms with van der Waals surface area (Å²) in [6.45, 7) is 0. The molecule has 1 aromatic heterocycles. The molecule has 1 heterocycles. The van der Waals surface area contributed by atoms with E-state index in [2.05, 4.69) is 20.8 Å². The molecule has 0 aliphatic rings. The smallest absolute Gasteiger partial charge is 0.320 e. The molecule has 0 saturated heterocycles. The molecule has 1 amide bonds. The van der Waals surface area contributed by atoms with Crippen molar-refractivity contribution in [2.75, 3.05) is 17.7 Å². The quantitative estimate of drug-likeness (QED) is 0.497. The van der Waals surface area contributed by atoms with Crippen LogP contribution in [0.1, 0.15) is 10.4 Å². The van der Waals surface area contributed by atoms with Crippen LogP contribution >= 0.6 is 0 Å². The van der Waals surface area contributed by atoms with Crippen LogP contribution < -0.4 is 15.4 Å². The van der Waals surface area contributed by atoms with Gasteiger partial charge < -0.3 is 19.8 Å². The molecule has 0 atom stereocenters. The van der Waals surface area contributed by atoms with Crippen molar-refractivity contribution in [2.24, 2.45) is 0 Å². The van der Waals surface area contributed by atoms with E-state index in [9.17, 15) is 4.79 Å². The van der Waals surface area contributed by atoms with Gasteiger partial charge in [0.25, 0.3) is 5.91 Å². The van der Waals surface area contributed by atoms with Gasteiger partial charge in [-0.15, -0.1) is 5.10 Å². The van der Waals surface area contributed by atoms with Gasteiger partial charge in [0.2, 0.25) is 5.89 Å². The number of anilines is 3. The van der Waals surface area contributed by atoms with Gasteiger partial charge in [-0.25, -0.2) is 0 Å². The number of benzene rings is 3. The molecule has 0 fully saturated rings. The number of nitrogens with one attached hydrogen (secondary N) is 2. The molecular weight excluding hydrogens is 368 g/mol. The zero-order chi connectivity index (χ0) is 20.1. The van der Waals surface area contributed by atoms with E-state index in [1.54, 1.807) is 43.5 Å². The van der Waals surface area contributed by atoms with Crippen molar-refractivity contribution in [3.8, 4) is 17.2 Å². The van der Waals surface area contributed by atoms with Gasteiger partial charge in [-0.3, -0.25) is 4.79 Å². The second-order valence-electron chi connectivity index (χ2n) is 6.16. The summed E-state index contributed by atoms with van der Waals surface area (Å²) in [5.74, 6) is 0.885. The van der Waals surface area contributed by atoms with Crippen molar-refractivity contribution in [3.05, 3.63) is 84.4 Å². The van der Waals surface area contributed by atoms with E-state index in [4.69, 9.17) is 9.15 Å². The monoisotopic (exact) mass is 386 g/mol. The lowest BCUT2D eigenvalue weighted by atomic mass is 10.1. The Morgan fingerprint density at radius 2 is 1.59 bits per heavy atom. The van der Waals surface area contributed by atoms with E-state index in [0.29, 0.717) is 28.9 Å². The molecule has 4 aromatic rings. The first-order chi connectivity index (χ1) is 14.2. The number of aromatic nitrogens is 2. The van der Waals surface area contributed by atoms with E-state index in [0.717, 1.165) is 11.3 Å². The Kier molecular flexibility index (Phi) is 5.20. The fourth-order valence-electron chi connectivity index (χ4n) is 2.68. The minimum Gasteiger partial charge on any atom is -0.497 e. The van der Waals surface area contributed by atoms with Crippen molar-refractivity contribution in [2.45, 2.75) is 0 Å². The first kappa shape index (κ1) is 18.2. The molecule has 7 nitrogen and oxygen atoms in total. The molecule has 4 rings (SSSR count). The number of amides is 1. The third-order valence-electron chi connectivity index (χ3n) is 4.19. The van der Waals surface area contributed by atoms with E-state index < -0.39 is 0 Å². The highest BCUT2D eigenvalue weighted by Gasteiger charge is 2.10. The Labute approximate surface area is 167 Å². The highest BCUT2D eigenvalue weighted by Crippen LogP contribution is 2.24. The number of rotatable bonds is 6. The molecule has 0 bridgehead atoms. The van der Waals surface area contributed by atoms with Crippen LogP contribution in [0.2, 0.25) is 0 Å². The number of carbonyl (C=O) groups is 1. The van der Waals surface area contributed by atoms with Crippen molar-refractivity contribution in [3.63, 3.8) is 0 Å². The Bertz CT molecular complexity index is 1090. The zero-order valence-corrected chi connectivity index (χ0v) is 15.6. The molecule has 0 saturated carbocycles. The summed E-state index contributed by atoms with van der Waals surface area (Å²) < 4.78 is 10.8. The first-order valence-electron chi connectivity index (χ1n) is 8.93. The second-order valence-corrected chi connectivity index (χ2v) is 6.16. The third kappa shape index (κ3) is 4.41. The maximum atomic E-state index is 12.3. The topological polar surface area (TPSA) is 89.3 Å². The Morgan fingerprint density at radius 3 is 2.28 bits per heavy atom.